The molecule has 0 radical (unpaired) electrons. The molecule has 0 spiro atoms. The number of pyridine rings is 1. The fraction of sp³-hybridized carbons (Fsp3) is 0.333. The van der Waals surface area contributed by atoms with Crippen LogP contribution in [0.3, 0.4) is 0 Å². The van der Waals surface area contributed by atoms with Crippen LogP contribution in [0, 0.1) is 0 Å². The van der Waals surface area contributed by atoms with Crippen molar-refractivity contribution in [2.75, 3.05) is 13.2 Å². The SMILES string of the molecule is O=C(O)c1c(C2CCOC2)nc2ccccn12. The third-order valence-electron chi connectivity index (χ3n) is 3.08. The summed E-state index contributed by atoms with van der Waals surface area (Å²) >= 11 is 0. The molecule has 5 nitrogen and oxygen atoms in total. The second-order valence-corrected chi connectivity index (χ2v) is 4.14. The van der Waals surface area contributed by atoms with Gasteiger partial charge in [-0.15, -0.1) is 0 Å². The molecule has 0 aromatic carbocycles. The van der Waals surface area contributed by atoms with Gasteiger partial charge < -0.3 is 9.84 Å². The van der Waals surface area contributed by atoms with Crippen LogP contribution in [0.15, 0.2) is 24.4 Å². The Kier molecular flexibility index (Phi) is 2.33. The van der Waals surface area contributed by atoms with Crippen LogP contribution in [0.4, 0.5) is 0 Å². The monoisotopic (exact) mass is 232 g/mol. The number of hydrogen-bond donors (Lipinski definition) is 1. The van der Waals surface area contributed by atoms with Gasteiger partial charge in [0.2, 0.25) is 0 Å². The van der Waals surface area contributed by atoms with E-state index in [2.05, 4.69) is 4.98 Å². The van der Waals surface area contributed by atoms with E-state index >= 15 is 0 Å². The van der Waals surface area contributed by atoms with Crippen LogP contribution in [-0.4, -0.2) is 33.7 Å². The van der Waals surface area contributed by atoms with Crippen molar-refractivity contribution in [1.82, 2.24) is 9.38 Å². The Labute approximate surface area is 97.7 Å². The molecule has 0 amide bonds. The molecule has 17 heavy (non-hydrogen) atoms. The van der Waals surface area contributed by atoms with Gasteiger partial charge in [0.15, 0.2) is 5.69 Å². The first-order valence-corrected chi connectivity index (χ1v) is 5.55. The molecule has 1 aliphatic rings. The molecule has 2 aromatic heterocycles. The molecule has 3 rings (SSSR count). The average molecular weight is 232 g/mol. The van der Waals surface area contributed by atoms with E-state index in [9.17, 15) is 9.90 Å². The van der Waals surface area contributed by atoms with E-state index in [1.165, 1.54) is 0 Å². The van der Waals surface area contributed by atoms with E-state index < -0.39 is 5.97 Å². The summed E-state index contributed by atoms with van der Waals surface area (Å²) < 4.78 is 6.92. The zero-order chi connectivity index (χ0) is 11.8. The summed E-state index contributed by atoms with van der Waals surface area (Å²) in [6, 6.07) is 5.46. The van der Waals surface area contributed by atoms with Gasteiger partial charge in [-0.3, -0.25) is 4.40 Å². The average Bonchev–Trinajstić information content (AvgIpc) is 2.95. The first kappa shape index (κ1) is 10.3. The number of carboxylic acid groups (broad SMARTS) is 1. The zero-order valence-corrected chi connectivity index (χ0v) is 9.17. The molecule has 1 fully saturated rings. The molecule has 1 N–H and O–H groups in total. The maximum Gasteiger partial charge on any atom is 0.354 e. The van der Waals surface area contributed by atoms with Crippen molar-refractivity contribution in [3.05, 3.63) is 35.8 Å². The summed E-state index contributed by atoms with van der Waals surface area (Å²) in [5.74, 6) is -0.841. The van der Waals surface area contributed by atoms with Crippen molar-refractivity contribution in [3.63, 3.8) is 0 Å². The number of imidazole rings is 1. The standard InChI is InChI=1S/C12H12N2O3/c15-12(16)11-10(8-4-6-17-7-8)13-9-3-1-2-5-14(9)11/h1-3,5,8H,4,6-7H2,(H,15,16). The molecule has 5 heteroatoms. The van der Waals surface area contributed by atoms with Crippen LogP contribution in [0.5, 0.6) is 0 Å². The molecule has 88 valence electrons. The van der Waals surface area contributed by atoms with Crippen LogP contribution >= 0.6 is 0 Å². The topological polar surface area (TPSA) is 63.8 Å². The van der Waals surface area contributed by atoms with E-state index in [1.807, 2.05) is 12.1 Å². The summed E-state index contributed by atoms with van der Waals surface area (Å²) in [6.45, 7) is 1.24. The van der Waals surface area contributed by atoms with Gasteiger partial charge in [0.25, 0.3) is 0 Å². The van der Waals surface area contributed by atoms with Crippen molar-refractivity contribution in [3.8, 4) is 0 Å². The fourth-order valence-corrected chi connectivity index (χ4v) is 2.26. The largest absolute Gasteiger partial charge is 0.477 e. The van der Waals surface area contributed by atoms with Gasteiger partial charge in [0.1, 0.15) is 5.65 Å². The third kappa shape index (κ3) is 1.59. The highest BCUT2D eigenvalue weighted by atomic mass is 16.5. The number of ether oxygens (including phenoxy) is 1. The lowest BCUT2D eigenvalue weighted by molar-refractivity contribution is 0.0687. The molecule has 1 aliphatic heterocycles. The fourth-order valence-electron chi connectivity index (χ4n) is 2.26. The molecule has 2 aromatic rings. The van der Waals surface area contributed by atoms with Crippen LogP contribution < -0.4 is 0 Å². The summed E-state index contributed by atoms with van der Waals surface area (Å²) in [7, 11) is 0. The van der Waals surface area contributed by atoms with Crippen molar-refractivity contribution >= 4 is 11.6 Å². The van der Waals surface area contributed by atoms with Gasteiger partial charge >= 0.3 is 5.97 Å². The minimum Gasteiger partial charge on any atom is -0.477 e. The lowest BCUT2D eigenvalue weighted by Gasteiger charge is -2.04. The van der Waals surface area contributed by atoms with Gasteiger partial charge in [0, 0.05) is 18.7 Å². The number of hydrogen-bond acceptors (Lipinski definition) is 3. The van der Waals surface area contributed by atoms with Crippen LogP contribution in [0.25, 0.3) is 5.65 Å². The van der Waals surface area contributed by atoms with Crippen LogP contribution in [-0.2, 0) is 4.74 Å². The minimum atomic E-state index is -0.939. The number of fused-ring (bicyclic) bond motifs is 1. The number of carbonyl (C=O) groups is 1. The van der Waals surface area contributed by atoms with Gasteiger partial charge in [-0.1, -0.05) is 6.07 Å². The smallest absolute Gasteiger partial charge is 0.354 e. The Morgan fingerprint density at radius 2 is 2.41 bits per heavy atom. The molecule has 1 saturated heterocycles. The molecule has 3 heterocycles. The van der Waals surface area contributed by atoms with E-state index in [0.29, 0.717) is 24.6 Å². The van der Waals surface area contributed by atoms with Crippen molar-refractivity contribution in [2.45, 2.75) is 12.3 Å². The minimum absolute atomic E-state index is 0.0981. The Morgan fingerprint density at radius 1 is 1.53 bits per heavy atom. The molecular weight excluding hydrogens is 220 g/mol. The number of aromatic nitrogens is 2. The lowest BCUT2D eigenvalue weighted by atomic mass is 10.0. The second-order valence-electron chi connectivity index (χ2n) is 4.14. The van der Waals surface area contributed by atoms with Gasteiger partial charge in [-0.2, -0.15) is 0 Å². The van der Waals surface area contributed by atoms with Crippen molar-refractivity contribution in [2.24, 2.45) is 0 Å². The Balaban J connectivity index is 2.22. The van der Waals surface area contributed by atoms with Crippen molar-refractivity contribution < 1.29 is 14.6 Å². The number of nitrogens with zero attached hydrogens (tertiary/aromatic N) is 2. The lowest BCUT2D eigenvalue weighted by Crippen LogP contribution is -2.09. The Hall–Kier alpha value is -1.88. The number of carboxylic acids is 1. The van der Waals surface area contributed by atoms with Gasteiger partial charge in [-0.25, -0.2) is 9.78 Å². The van der Waals surface area contributed by atoms with E-state index in [1.54, 1.807) is 16.7 Å². The first-order chi connectivity index (χ1) is 8.27. The molecular formula is C12H12N2O3. The van der Waals surface area contributed by atoms with Crippen molar-refractivity contribution in [1.29, 1.82) is 0 Å². The predicted octanol–water partition coefficient (Wildman–Crippen LogP) is 1.54. The molecule has 0 saturated carbocycles. The summed E-state index contributed by atoms with van der Waals surface area (Å²) in [6.07, 6.45) is 2.56. The summed E-state index contributed by atoms with van der Waals surface area (Å²) in [4.78, 5) is 15.8. The quantitative estimate of drug-likeness (QED) is 0.853. The van der Waals surface area contributed by atoms with Crippen LogP contribution in [0.1, 0.15) is 28.5 Å². The Morgan fingerprint density at radius 3 is 3.12 bits per heavy atom. The molecule has 1 atom stereocenters. The molecule has 0 bridgehead atoms. The highest BCUT2D eigenvalue weighted by Gasteiger charge is 2.27. The van der Waals surface area contributed by atoms with E-state index in [-0.39, 0.29) is 11.6 Å². The highest BCUT2D eigenvalue weighted by Crippen LogP contribution is 2.28. The molecule has 0 aliphatic carbocycles. The third-order valence-corrected chi connectivity index (χ3v) is 3.08. The molecule has 1 unspecified atom stereocenters. The number of rotatable bonds is 2. The Bertz CT molecular complexity index is 570. The van der Waals surface area contributed by atoms with Gasteiger partial charge in [-0.05, 0) is 18.6 Å². The number of aromatic carboxylic acids is 1. The first-order valence-electron chi connectivity index (χ1n) is 5.55. The predicted molar refractivity (Wildman–Crippen MR) is 60.3 cm³/mol. The second kappa shape index (κ2) is 3.85. The summed E-state index contributed by atoms with van der Waals surface area (Å²) in [5, 5.41) is 9.31. The van der Waals surface area contributed by atoms with Crippen LogP contribution in [0.2, 0.25) is 0 Å². The maximum absolute atomic E-state index is 11.4. The van der Waals surface area contributed by atoms with E-state index in [4.69, 9.17) is 4.74 Å². The van der Waals surface area contributed by atoms with E-state index in [0.717, 1.165) is 6.42 Å². The maximum atomic E-state index is 11.4. The van der Waals surface area contributed by atoms with Gasteiger partial charge in [0.05, 0.1) is 12.3 Å². The summed E-state index contributed by atoms with van der Waals surface area (Å²) in [5.41, 5.74) is 1.57. The highest BCUT2D eigenvalue weighted by molar-refractivity contribution is 5.88. The zero-order valence-electron chi connectivity index (χ0n) is 9.17. The normalized spacial score (nSPS) is 19.9.